The smallest absolute Gasteiger partial charge is 0.348 e. The maximum atomic E-state index is 11.5. The number of carbonyl (C=O) groups excluding carboxylic acids is 2. The quantitative estimate of drug-likeness (QED) is 0.407. The van der Waals surface area contributed by atoms with Crippen LogP contribution in [0.4, 0.5) is 0 Å². The molecule has 80 valence electrons. The van der Waals surface area contributed by atoms with Crippen molar-refractivity contribution in [2.24, 2.45) is 0 Å². The van der Waals surface area contributed by atoms with Crippen LogP contribution in [0.5, 0.6) is 0 Å². The van der Waals surface area contributed by atoms with Crippen LogP contribution >= 0.6 is 0 Å². The topological polar surface area (TPSA) is 43.4 Å². The fourth-order valence-corrected chi connectivity index (χ4v) is 2.04. The fourth-order valence-electron chi connectivity index (χ4n) is 2.04. The molecule has 0 fully saturated rings. The Hall–Kier alpha value is -2.08. The standard InChI is InChI=1S/C13H10O3/c1-4-8-7(3)6-10-11(9(8)5-2)13(15)16-12(10)14/h2,6H,4H2,1,3H3. The minimum absolute atomic E-state index is 0.245. The zero-order valence-corrected chi connectivity index (χ0v) is 9.09. The molecule has 1 heterocycles. The van der Waals surface area contributed by atoms with Gasteiger partial charge < -0.3 is 4.74 Å². The minimum atomic E-state index is -0.636. The fraction of sp³-hybridized carbons (Fsp3) is 0.231. The van der Waals surface area contributed by atoms with Crippen molar-refractivity contribution in [1.29, 1.82) is 0 Å². The molecule has 1 aliphatic heterocycles. The highest BCUT2D eigenvalue weighted by atomic mass is 16.6. The van der Waals surface area contributed by atoms with E-state index in [1.807, 2.05) is 13.8 Å². The van der Waals surface area contributed by atoms with Crippen LogP contribution in [0.1, 0.15) is 44.3 Å². The van der Waals surface area contributed by atoms with Gasteiger partial charge in [-0.3, -0.25) is 0 Å². The van der Waals surface area contributed by atoms with Crippen molar-refractivity contribution in [2.45, 2.75) is 20.3 Å². The molecular weight excluding hydrogens is 204 g/mol. The summed E-state index contributed by atoms with van der Waals surface area (Å²) in [5.74, 6) is 1.24. The number of hydrogen-bond acceptors (Lipinski definition) is 3. The lowest BCUT2D eigenvalue weighted by molar-refractivity contribution is 0.0443. The van der Waals surface area contributed by atoms with Crippen molar-refractivity contribution in [2.75, 3.05) is 0 Å². The Morgan fingerprint density at radius 1 is 1.38 bits per heavy atom. The van der Waals surface area contributed by atoms with Gasteiger partial charge in [-0.1, -0.05) is 12.8 Å². The van der Waals surface area contributed by atoms with E-state index in [1.54, 1.807) is 6.07 Å². The average molecular weight is 214 g/mol. The Morgan fingerprint density at radius 3 is 2.62 bits per heavy atom. The molecule has 1 aliphatic rings. The summed E-state index contributed by atoms with van der Waals surface area (Å²) in [5, 5.41) is 0. The molecule has 16 heavy (non-hydrogen) atoms. The summed E-state index contributed by atoms with van der Waals surface area (Å²) in [4.78, 5) is 22.9. The zero-order valence-electron chi connectivity index (χ0n) is 9.09. The lowest BCUT2D eigenvalue weighted by atomic mass is 9.92. The number of hydrogen-bond donors (Lipinski definition) is 0. The molecule has 0 unspecified atom stereocenters. The maximum absolute atomic E-state index is 11.5. The predicted octanol–water partition coefficient (Wildman–Crippen LogP) is 1.85. The molecule has 0 saturated carbocycles. The van der Waals surface area contributed by atoms with Gasteiger partial charge in [0.05, 0.1) is 11.1 Å². The summed E-state index contributed by atoms with van der Waals surface area (Å²) in [7, 11) is 0. The van der Waals surface area contributed by atoms with Gasteiger partial charge in [0.25, 0.3) is 0 Å². The summed E-state index contributed by atoms with van der Waals surface area (Å²) in [6.45, 7) is 3.83. The monoisotopic (exact) mass is 214 g/mol. The Kier molecular flexibility index (Phi) is 2.28. The van der Waals surface area contributed by atoms with Crippen LogP contribution in [-0.4, -0.2) is 11.9 Å². The number of fused-ring (bicyclic) bond motifs is 1. The van der Waals surface area contributed by atoms with Crippen molar-refractivity contribution < 1.29 is 14.3 Å². The lowest BCUT2D eigenvalue weighted by Crippen LogP contribution is -2.03. The Balaban J connectivity index is 2.85. The number of benzene rings is 1. The van der Waals surface area contributed by atoms with E-state index < -0.39 is 11.9 Å². The van der Waals surface area contributed by atoms with Gasteiger partial charge in [-0.2, -0.15) is 0 Å². The number of esters is 2. The van der Waals surface area contributed by atoms with E-state index in [-0.39, 0.29) is 11.1 Å². The van der Waals surface area contributed by atoms with Gasteiger partial charge in [0.15, 0.2) is 0 Å². The first-order valence-electron chi connectivity index (χ1n) is 4.99. The molecule has 0 saturated heterocycles. The molecule has 0 N–H and O–H groups in total. The van der Waals surface area contributed by atoms with Crippen LogP contribution in [0.3, 0.4) is 0 Å². The molecular formula is C13H10O3. The first-order valence-corrected chi connectivity index (χ1v) is 4.99. The highest BCUT2D eigenvalue weighted by Gasteiger charge is 2.33. The third-order valence-corrected chi connectivity index (χ3v) is 2.77. The SMILES string of the molecule is C#Cc1c(CC)c(C)cc2c1C(=O)OC2=O. The van der Waals surface area contributed by atoms with Crippen molar-refractivity contribution in [3.05, 3.63) is 33.9 Å². The van der Waals surface area contributed by atoms with E-state index in [0.717, 1.165) is 17.5 Å². The first kappa shape index (κ1) is 10.4. The molecule has 0 atom stereocenters. The van der Waals surface area contributed by atoms with Crippen molar-refractivity contribution in [3.63, 3.8) is 0 Å². The third kappa shape index (κ3) is 1.24. The largest absolute Gasteiger partial charge is 0.386 e. The molecule has 0 spiro atoms. The normalized spacial score (nSPS) is 13.3. The van der Waals surface area contributed by atoms with Crippen LogP contribution in [0.2, 0.25) is 0 Å². The molecule has 0 bridgehead atoms. The molecule has 1 aromatic rings. The number of rotatable bonds is 1. The number of aryl methyl sites for hydroxylation is 1. The van der Waals surface area contributed by atoms with Gasteiger partial charge in [-0.25, -0.2) is 9.59 Å². The zero-order chi connectivity index (χ0) is 11.9. The highest BCUT2D eigenvalue weighted by molar-refractivity contribution is 6.16. The van der Waals surface area contributed by atoms with Crippen LogP contribution in [0.15, 0.2) is 6.07 Å². The van der Waals surface area contributed by atoms with Crippen molar-refractivity contribution in [3.8, 4) is 12.3 Å². The van der Waals surface area contributed by atoms with Gasteiger partial charge in [0, 0.05) is 5.56 Å². The summed E-state index contributed by atoms with van der Waals surface area (Å²) in [6.07, 6.45) is 6.13. The number of terminal acetylenes is 1. The van der Waals surface area contributed by atoms with Gasteiger partial charge >= 0.3 is 11.9 Å². The Labute approximate surface area is 93.4 Å². The molecule has 0 amide bonds. The second kappa shape index (κ2) is 3.49. The lowest BCUT2D eigenvalue weighted by Gasteiger charge is -2.08. The number of cyclic esters (lactones) is 2. The third-order valence-electron chi connectivity index (χ3n) is 2.77. The molecule has 0 radical (unpaired) electrons. The van der Waals surface area contributed by atoms with Gasteiger partial charge in [0.2, 0.25) is 0 Å². The van der Waals surface area contributed by atoms with Gasteiger partial charge in [-0.05, 0) is 30.5 Å². The van der Waals surface area contributed by atoms with E-state index >= 15 is 0 Å². The van der Waals surface area contributed by atoms with E-state index in [0.29, 0.717) is 5.56 Å². The average Bonchev–Trinajstić information content (AvgIpc) is 2.52. The number of carbonyl (C=O) groups is 2. The van der Waals surface area contributed by atoms with E-state index in [4.69, 9.17) is 6.42 Å². The number of ether oxygens (including phenoxy) is 1. The second-order valence-electron chi connectivity index (χ2n) is 3.64. The molecule has 0 aromatic heterocycles. The summed E-state index contributed by atoms with van der Waals surface area (Å²) in [6, 6.07) is 1.67. The molecule has 1 aromatic carbocycles. The second-order valence-corrected chi connectivity index (χ2v) is 3.64. The van der Waals surface area contributed by atoms with Crippen molar-refractivity contribution in [1.82, 2.24) is 0 Å². The minimum Gasteiger partial charge on any atom is -0.386 e. The van der Waals surface area contributed by atoms with Gasteiger partial charge in [-0.15, -0.1) is 6.42 Å². The first-order chi connectivity index (χ1) is 7.60. The van der Waals surface area contributed by atoms with Crippen molar-refractivity contribution >= 4 is 11.9 Å². The van der Waals surface area contributed by atoms with Crippen LogP contribution in [0, 0.1) is 19.3 Å². The van der Waals surface area contributed by atoms with Crippen LogP contribution in [-0.2, 0) is 11.2 Å². The molecule has 2 rings (SSSR count). The maximum Gasteiger partial charge on any atom is 0.348 e. The molecule has 0 aliphatic carbocycles. The predicted molar refractivity (Wildman–Crippen MR) is 58.2 cm³/mol. The summed E-state index contributed by atoms with van der Waals surface area (Å²) in [5.41, 5.74) is 2.87. The van der Waals surface area contributed by atoms with Crippen LogP contribution in [0.25, 0.3) is 0 Å². The Bertz CT molecular complexity index is 547. The van der Waals surface area contributed by atoms with Crippen LogP contribution < -0.4 is 0 Å². The van der Waals surface area contributed by atoms with E-state index in [9.17, 15) is 9.59 Å². The van der Waals surface area contributed by atoms with E-state index in [2.05, 4.69) is 10.7 Å². The molecule has 3 heteroatoms. The van der Waals surface area contributed by atoms with E-state index in [1.165, 1.54) is 0 Å². The molecule has 3 nitrogen and oxygen atoms in total. The Morgan fingerprint density at radius 2 is 2.06 bits per heavy atom. The van der Waals surface area contributed by atoms with Gasteiger partial charge in [0.1, 0.15) is 0 Å². The highest BCUT2D eigenvalue weighted by Crippen LogP contribution is 2.28. The summed E-state index contributed by atoms with van der Waals surface area (Å²) >= 11 is 0. The summed E-state index contributed by atoms with van der Waals surface area (Å²) < 4.78 is 4.56.